The van der Waals surface area contributed by atoms with E-state index >= 15 is 0 Å². The average molecular weight is 390 g/mol. The fourth-order valence-corrected chi connectivity index (χ4v) is 4.29. The zero-order valence-corrected chi connectivity index (χ0v) is 17.4. The number of hydrogen-bond acceptors (Lipinski definition) is 6. The van der Waals surface area contributed by atoms with Crippen LogP contribution in [0.3, 0.4) is 0 Å². The Balaban J connectivity index is 1.35. The zero-order valence-electron chi connectivity index (χ0n) is 17.4. The first-order valence-electron chi connectivity index (χ1n) is 10.4. The summed E-state index contributed by atoms with van der Waals surface area (Å²) in [4.78, 5) is 16.5. The zero-order chi connectivity index (χ0) is 20.0. The highest BCUT2D eigenvalue weighted by molar-refractivity contribution is 6.00. The lowest BCUT2D eigenvalue weighted by molar-refractivity contribution is 0.167. The number of aromatic nitrogens is 1. The highest BCUT2D eigenvalue weighted by Crippen LogP contribution is 2.30. The molecule has 0 bridgehead atoms. The van der Waals surface area contributed by atoms with E-state index in [4.69, 9.17) is 9.41 Å². The lowest BCUT2D eigenvalue weighted by Crippen LogP contribution is -2.46. The van der Waals surface area contributed by atoms with Gasteiger partial charge in [-0.15, -0.1) is 0 Å². The van der Waals surface area contributed by atoms with Gasteiger partial charge in [0.05, 0.1) is 11.4 Å². The van der Waals surface area contributed by atoms with Crippen LogP contribution in [-0.4, -0.2) is 64.8 Å². The third-order valence-electron chi connectivity index (χ3n) is 5.94. The molecule has 0 N–H and O–H groups in total. The van der Waals surface area contributed by atoms with E-state index in [1.165, 1.54) is 5.70 Å². The van der Waals surface area contributed by atoms with Gasteiger partial charge in [-0.05, 0) is 50.8 Å². The van der Waals surface area contributed by atoms with Gasteiger partial charge in [0.2, 0.25) is 0 Å². The molecule has 2 aromatic rings. The van der Waals surface area contributed by atoms with Crippen molar-refractivity contribution in [3.63, 3.8) is 0 Å². The third kappa shape index (κ3) is 3.38. The molecule has 0 saturated carbocycles. The van der Waals surface area contributed by atoms with Crippen LogP contribution in [0.1, 0.15) is 24.1 Å². The average Bonchev–Trinajstić information content (AvgIpc) is 3.17. The third-order valence-corrected chi connectivity index (χ3v) is 5.94. The molecule has 0 aromatic carbocycles. The number of aliphatic imine (C=N–C) groups is 1. The van der Waals surface area contributed by atoms with Crippen LogP contribution in [0.5, 0.6) is 0 Å². The molecule has 5 heterocycles. The van der Waals surface area contributed by atoms with Crippen LogP contribution < -0.4 is 0 Å². The van der Waals surface area contributed by atoms with Gasteiger partial charge in [0, 0.05) is 50.0 Å². The van der Waals surface area contributed by atoms with Crippen molar-refractivity contribution >= 4 is 22.5 Å². The Hall–Kier alpha value is -2.86. The molecule has 2 aromatic heterocycles. The van der Waals surface area contributed by atoms with Gasteiger partial charge in [-0.1, -0.05) is 6.92 Å². The van der Waals surface area contributed by atoms with Gasteiger partial charge >= 0.3 is 0 Å². The van der Waals surface area contributed by atoms with Crippen molar-refractivity contribution in [1.82, 2.24) is 19.7 Å². The van der Waals surface area contributed by atoms with Crippen LogP contribution >= 0.6 is 0 Å². The van der Waals surface area contributed by atoms with Crippen molar-refractivity contribution in [3.05, 3.63) is 59.4 Å². The van der Waals surface area contributed by atoms with Crippen LogP contribution in [0.4, 0.5) is 0 Å². The number of hydrogen-bond donors (Lipinski definition) is 0. The summed E-state index contributed by atoms with van der Waals surface area (Å²) in [5, 5.41) is 1.08. The molecule has 0 amide bonds. The summed E-state index contributed by atoms with van der Waals surface area (Å²) in [7, 11) is 0. The molecule has 0 radical (unpaired) electrons. The molecule has 1 saturated heterocycles. The van der Waals surface area contributed by atoms with Crippen molar-refractivity contribution in [1.29, 1.82) is 0 Å². The van der Waals surface area contributed by atoms with Gasteiger partial charge in [-0.25, -0.2) is 4.99 Å². The van der Waals surface area contributed by atoms with E-state index in [2.05, 4.69) is 63.2 Å². The molecule has 0 unspecified atom stereocenters. The highest BCUT2D eigenvalue weighted by atomic mass is 16.3. The molecule has 3 aliphatic heterocycles. The standard InChI is InChI=1S/C23H27N5O/c1-4-26-9-11-27(12-10-26)19-5-6-22-25-20(7-8-28(22)15-19)21-14-18-13-16(2)24-17(3)23(18)29-21/h5-7,13-15H,4,8-12H2,1-3H3. The largest absolute Gasteiger partial charge is 0.453 e. The van der Waals surface area contributed by atoms with Crippen LogP contribution in [0.15, 0.2) is 51.7 Å². The summed E-state index contributed by atoms with van der Waals surface area (Å²) >= 11 is 0. The quantitative estimate of drug-likeness (QED) is 0.804. The van der Waals surface area contributed by atoms with Gasteiger partial charge in [-0.2, -0.15) is 0 Å². The van der Waals surface area contributed by atoms with Crippen molar-refractivity contribution in [2.24, 2.45) is 4.99 Å². The van der Waals surface area contributed by atoms with Crippen LogP contribution in [0.2, 0.25) is 0 Å². The fourth-order valence-electron chi connectivity index (χ4n) is 4.29. The van der Waals surface area contributed by atoms with E-state index in [0.29, 0.717) is 0 Å². The normalized spacial score (nSPS) is 19.9. The number of allylic oxidation sites excluding steroid dienone is 1. The van der Waals surface area contributed by atoms with Gasteiger partial charge in [0.25, 0.3) is 0 Å². The van der Waals surface area contributed by atoms with Gasteiger partial charge in [-0.3, -0.25) is 4.98 Å². The molecular weight excluding hydrogens is 362 g/mol. The second-order valence-corrected chi connectivity index (χ2v) is 7.90. The summed E-state index contributed by atoms with van der Waals surface area (Å²) in [6.45, 7) is 12.6. The SMILES string of the molecule is CCN1CCN(C2=CN3CC=C(c4cc5cc(C)nc(C)c5o4)N=C3C=C2)CC1. The molecule has 1 fully saturated rings. The number of likely N-dealkylation sites (N-methyl/N-ethyl adjacent to an activating group) is 1. The number of aryl methyl sites for hydroxylation is 2. The fraction of sp³-hybridized carbons (Fsp3) is 0.391. The molecular formula is C23H27N5O. The topological polar surface area (TPSA) is 48.1 Å². The Labute approximate surface area is 171 Å². The Bertz CT molecular complexity index is 1070. The Kier molecular flexibility index (Phi) is 4.51. The Morgan fingerprint density at radius 3 is 2.69 bits per heavy atom. The Morgan fingerprint density at radius 1 is 1.07 bits per heavy atom. The van der Waals surface area contributed by atoms with Crippen molar-refractivity contribution in [2.45, 2.75) is 20.8 Å². The summed E-state index contributed by atoms with van der Waals surface area (Å²) in [5.74, 6) is 1.77. The predicted octanol–water partition coefficient (Wildman–Crippen LogP) is 3.55. The Morgan fingerprint density at radius 2 is 1.90 bits per heavy atom. The highest BCUT2D eigenvalue weighted by Gasteiger charge is 2.23. The maximum absolute atomic E-state index is 6.10. The maximum Gasteiger partial charge on any atom is 0.156 e. The summed E-state index contributed by atoms with van der Waals surface area (Å²) in [5.41, 5.74) is 4.94. The molecule has 6 heteroatoms. The number of furan rings is 1. The summed E-state index contributed by atoms with van der Waals surface area (Å²) in [6, 6.07) is 4.13. The number of nitrogens with zero attached hydrogens (tertiary/aromatic N) is 5. The van der Waals surface area contributed by atoms with E-state index in [-0.39, 0.29) is 0 Å². The lowest BCUT2D eigenvalue weighted by Gasteiger charge is -2.38. The number of fused-ring (bicyclic) bond motifs is 2. The van der Waals surface area contributed by atoms with Gasteiger partial charge in [0.15, 0.2) is 11.3 Å². The number of amidine groups is 1. The first-order valence-corrected chi connectivity index (χ1v) is 10.4. The molecule has 0 atom stereocenters. The molecule has 0 spiro atoms. The number of rotatable bonds is 3. The maximum atomic E-state index is 6.10. The molecule has 0 aliphatic carbocycles. The summed E-state index contributed by atoms with van der Waals surface area (Å²) in [6.07, 6.45) is 8.67. The summed E-state index contributed by atoms with van der Waals surface area (Å²) < 4.78 is 6.10. The second kappa shape index (κ2) is 7.19. The molecule has 3 aliphatic rings. The second-order valence-electron chi connectivity index (χ2n) is 7.90. The van der Waals surface area contributed by atoms with Crippen molar-refractivity contribution in [2.75, 3.05) is 39.3 Å². The monoisotopic (exact) mass is 389 g/mol. The first-order chi connectivity index (χ1) is 14.1. The number of piperazine rings is 1. The lowest BCUT2D eigenvalue weighted by atomic mass is 10.1. The smallest absolute Gasteiger partial charge is 0.156 e. The van der Waals surface area contributed by atoms with E-state index in [1.54, 1.807) is 0 Å². The van der Waals surface area contributed by atoms with Crippen molar-refractivity contribution in [3.8, 4) is 0 Å². The molecule has 150 valence electrons. The minimum atomic E-state index is 0.796. The van der Waals surface area contributed by atoms with Gasteiger partial charge < -0.3 is 19.1 Å². The van der Waals surface area contributed by atoms with E-state index in [0.717, 1.165) is 78.9 Å². The van der Waals surface area contributed by atoms with Crippen LogP contribution in [0.25, 0.3) is 16.7 Å². The van der Waals surface area contributed by atoms with E-state index in [1.807, 2.05) is 13.8 Å². The van der Waals surface area contributed by atoms with Gasteiger partial charge in [0.1, 0.15) is 11.5 Å². The molecule has 6 nitrogen and oxygen atoms in total. The minimum absolute atomic E-state index is 0.796. The number of pyridine rings is 1. The van der Waals surface area contributed by atoms with Crippen molar-refractivity contribution < 1.29 is 4.42 Å². The van der Waals surface area contributed by atoms with Crippen LogP contribution in [-0.2, 0) is 0 Å². The van der Waals surface area contributed by atoms with E-state index < -0.39 is 0 Å². The van der Waals surface area contributed by atoms with Crippen LogP contribution in [0, 0.1) is 13.8 Å². The molecule has 5 rings (SSSR count). The van der Waals surface area contributed by atoms with E-state index in [9.17, 15) is 0 Å². The predicted molar refractivity (Wildman–Crippen MR) is 117 cm³/mol. The molecule has 29 heavy (non-hydrogen) atoms. The first kappa shape index (κ1) is 18.2. The minimum Gasteiger partial charge on any atom is -0.453 e.